The zero-order valence-electron chi connectivity index (χ0n) is 18.2. The van der Waals surface area contributed by atoms with Gasteiger partial charge in [-0.05, 0) is 60.0 Å². The number of rotatable bonds is 8. The maximum Gasteiger partial charge on any atom is 0.267 e. The van der Waals surface area contributed by atoms with Gasteiger partial charge >= 0.3 is 0 Å². The molecule has 8 nitrogen and oxygen atoms in total. The van der Waals surface area contributed by atoms with E-state index in [4.69, 9.17) is 15.9 Å². The largest absolute Gasteiger partial charge is 0.508 e. The van der Waals surface area contributed by atoms with Crippen LogP contribution >= 0.6 is 0 Å². The molecule has 2 heterocycles. The first-order valence-corrected chi connectivity index (χ1v) is 10.5. The Hall–Kier alpha value is -4.33. The number of hydrogen-bond donors (Lipinski definition) is 4. The summed E-state index contributed by atoms with van der Waals surface area (Å²) in [5.41, 5.74) is 8.72. The molecule has 4 aromatic rings. The summed E-state index contributed by atoms with van der Waals surface area (Å²) in [5.74, 6) is 0.201. The number of aromatic nitrogens is 2. The van der Waals surface area contributed by atoms with Crippen LogP contribution in [0.15, 0.2) is 73.1 Å². The summed E-state index contributed by atoms with van der Waals surface area (Å²) >= 11 is 0. The van der Waals surface area contributed by atoms with Crippen molar-refractivity contribution in [2.75, 3.05) is 13.7 Å². The molecule has 0 spiro atoms. The van der Waals surface area contributed by atoms with Crippen molar-refractivity contribution in [2.24, 2.45) is 5.73 Å². The molecular weight excluding hydrogens is 418 g/mol. The van der Waals surface area contributed by atoms with Gasteiger partial charge in [0.25, 0.3) is 5.91 Å². The predicted octanol–water partition coefficient (Wildman–Crippen LogP) is 3.25. The Bertz CT molecular complexity index is 1300. The third kappa shape index (κ3) is 4.50. The first-order chi connectivity index (χ1) is 16.0. The van der Waals surface area contributed by atoms with Crippen LogP contribution in [-0.2, 0) is 6.42 Å². The minimum absolute atomic E-state index is 0.0520. The Balaban J connectivity index is 1.77. The third-order valence-corrected chi connectivity index (χ3v) is 5.48. The molecule has 1 unspecified atom stereocenters. The highest BCUT2D eigenvalue weighted by Crippen LogP contribution is 2.34. The molecule has 0 fully saturated rings. The monoisotopic (exact) mass is 443 g/mol. The van der Waals surface area contributed by atoms with Gasteiger partial charge in [0.05, 0.1) is 12.6 Å². The number of nitrogens with one attached hydrogen (secondary N) is 2. The molecule has 5 N–H and O–H groups in total. The lowest BCUT2D eigenvalue weighted by Gasteiger charge is -2.22. The van der Waals surface area contributed by atoms with E-state index in [9.17, 15) is 9.90 Å². The lowest BCUT2D eigenvalue weighted by atomic mass is 10.0. The van der Waals surface area contributed by atoms with E-state index in [-0.39, 0.29) is 17.5 Å². The minimum atomic E-state index is -0.789. The molecule has 0 radical (unpaired) electrons. The highest BCUT2D eigenvalue weighted by molar-refractivity contribution is 6.02. The number of benzene rings is 2. The van der Waals surface area contributed by atoms with Crippen molar-refractivity contribution in [3.8, 4) is 11.5 Å². The smallest absolute Gasteiger partial charge is 0.267 e. The van der Waals surface area contributed by atoms with Crippen molar-refractivity contribution in [1.29, 1.82) is 5.41 Å². The molecule has 168 valence electrons. The summed E-state index contributed by atoms with van der Waals surface area (Å²) in [4.78, 5) is 17.3. The molecule has 0 aliphatic heterocycles. The predicted molar refractivity (Wildman–Crippen MR) is 127 cm³/mol. The first kappa shape index (κ1) is 21.9. The summed E-state index contributed by atoms with van der Waals surface area (Å²) in [5, 5.41) is 22.0. The van der Waals surface area contributed by atoms with Gasteiger partial charge in [-0.15, -0.1) is 0 Å². The molecule has 0 aliphatic carbocycles. The summed E-state index contributed by atoms with van der Waals surface area (Å²) in [6.07, 6.45) is 4.09. The van der Waals surface area contributed by atoms with Crippen molar-refractivity contribution in [1.82, 2.24) is 14.9 Å². The fourth-order valence-corrected chi connectivity index (χ4v) is 3.98. The highest BCUT2D eigenvalue weighted by Gasteiger charge is 2.26. The van der Waals surface area contributed by atoms with Gasteiger partial charge in [0.1, 0.15) is 29.1 Å². The summed E-state index contributed by atoms with van der Waals surface area (Å²) in [6.45, 7) is 0.429. The second-order valence-electron chi connectivity index (χ2n) is 7.61. The van der Waals surface area contributed by atoms with E-state index in [0.29, 0.717) is 35.5 Å². The SMILES string of the molecule is COc1cccc2c1cc(C(=O)NCCc1ccncc1)n2C(C(=N)N)c1cccc(O)c1. The van der Waals surface area contributed by atoms with Crippen molar-refractivity contribution in [3.63, 3.8) is 0 Å². The number of fused-ring (bicyclic) bond motifs is 1. The Morgan fingerprint density at radius 1 is 1.18 bits per heavy atom. The molecule has 33 heavy (non-hydrogen) atoms. The number of phenolic OH excluding ortho intramolecular Hbond substituents is 1. The summed E-state index contributed by atoms with van der Waals surface area (Å²) < 4.78 is 7.22. The van der Waals surface area contributed by atoms with Crippen LogP contribution in [0.5, 0.6) is 11.5 Å². The van der Waals surface area contributed by atoms with E-state index in [1.165, 1.54) is 0 Å². The Morgan fingerprint density at radius 3 is 2.64 bits per heavy atom. The number of amides is 1. The number of amidine groups is 1. The summed E-state index contributed by atoms with van der Waals surface area (Å²) in [7, 11) is 1.57. The average molecular weight is 444 g/mol. The lowest BCUT2D eigenvalue weighted by molar-refractivity contribution is 0.0945. The average Bonchev–Trinajstić information content (AvgIpc) is 3.19. The van der Waals surface area contributed by atoms with Gasteiger partial charge < -0.3 is 25.5 Å². The Morgan fingerprint density at radius 2 is 1.94 bits per heavy atom. The zero-order chi connectivity index (χ0) is 23.4. The number of pyridine rings is 1. The van der Waals surface area contributed by atoms with Crippen LogP contribution in [0.3, 0.4) is 0 Å². The number of ether oxygens (including phenoxy) is 1. The van der Waals surface area contributed by atoms with Crippen molar-refractivity contribution in [2.45, 2.75) is 12.5 Å². The van der Waals surface area contributed by atoms with Gasteiger partial charge in [0, 0.05) is 24.3 Å². The van der Waals surface area contributed by atoms with E-state index < -0.39 is 6.04 Å². The molecule has 0 saturated heterocycles. The van der Waals surface area contributed by atoms with Crippen LogP contribution in [0.1, 0.15) is 27.7 Å². The molecule has 0 aliphatic rings. The van der Waals surface area contributed by atoms with Gasteiger partial charge in [-0.25, -0.2) is 0 Å². The first-order valence-electron chi connectivity index (χ1n) is 10.5. The number of carbonyl (C=O) groups is 1. The minimum Gasteiger partial charge on any atom is -0.508 e. The number of carbonyl (C=O) groups excluding carboxylic acids is 1. The van der Waals surface area contributed by atoms with Crippen LogP contribution in [0.4, 0.5) is 0 Å². The number of methoxy groups -OCH3 is 1. The second kappa shape index (κ2) is 9.44. The maximum atomic E-state index is 13.3. The maximum absolute atomic E-state index is 13.3. The van der Waals surface area contributed by atoms with Crippen molar-refractivity contribution >= 4 is 22.6 Å². The molecule has 0 bridgehead atoms. The van der Waals surface area contributed by atoms with Crippen LogP contribution < -0.4 is 15.8 Å². The molecule has 2 aromatic carbocycles. The number of aromatic hydroxyl groups is 1. The van der Waals surface area contributed by atoms with Crippen LogP contribution in [0.25, 0.3) is 10.9 Å². The topological polar surface area (TPSA) is 126 Å². The van der Waals surface area contributed by atoms with Crippen LogP contribution in [0.2, 0.25) is 0 Å². The standard InChI is InChI=1S/C25H25N5O3/c1-33-22-7-3-6-20-19(22)15-21(25(32)29-13-10-16-8-11-28-12-9-16)30(20)23(24(26)27)17-4-2-5-18(31)14-17/h2-9,11-12,14-15,23,31H,10,13H2,1H3,(H3,26,27)(H,29,32). The Kier molecular flexibility index (Phi) is 6.26. The summed E-state index contributed by atoms with van der Waals surface area (Å²) in [6, 6.07) is 16.8. The van der Waals surface area contributed by atoms with E-state index in [0.717, 1.165) is 10.9 Å². The number of hydrogen-bond acceptors (Lipinski definition) is 5. The van der Waals surface area contributed by atoms with Gasteiger partial charge in [-0.2, -0.15) is 0 Å². The van der Waals surface area contributed by atoms with Crippen LogP contribution in [0, 0.1) is 5.41 Å². The molecular formula is C25H25N5O3. The molecule has 2 aromatic heterocycles. The number of phenols is 1. The van der Waals surface area contributed by atoms with Crippen molar-refractivity contribution in [3.05, 3.63) is 89.9 Å². The number of nitrogens with zero attached hydrogens (tertiary/aromatic N) is 2. The van der Waals surface area contributed by atoms with Crippen LogP contribution in [-0.4, -0.2) is 40.1 Å². The quantitative estimate of drug-likeness (QED) is 0.246. The Labute approximate surface area is 191 Å². The normalized spacial score (nSPS) is 11.8. The highest BCUT2D eigenvalue weighted by atomic mass is 16.5. The molecule has 1 atom stereocenters. The van der Waals surface area contributed by atoms with Gasteiger partial charge in [-0.3, -0.25) is 15.2 Å². The lowest BCUT2D eigenvalue weighted by Crippen LogP contribution is -2.33. The van der Waals surface area contributed by atoms with Gasteiger partial charge in [0.15, 0.2) is 0 Å². The van der Waals surface area contributed by atoms with E-state index in [2.05, 4.69) is 10.3 Å². The molecule has 8 heteroatoms. The third-order valence-electron chi connectivity index (χ3n) is 5.48. The van der Waals surface area contributed by atoms with Gasteiger partial charge in [0.2, 0.25) is 0 Å². The molecule has 4 rings (SSSR count). The molecule has 0 saturated carbocycles. The van der Waals surface area contributed by atoms with E-state index in [1.54, 1.807) is 54.4 Å². The van der Waals surface area contributed by atoms with E-state index >= 15 is 0 Å². The fraction of sp³-hybridized carbons (Fsp3) is 0.160. The molecule has 1 amide bonds. The second-order valence-corrected chi connectivity index (χ2v) is 7.61. The van der Waals surface area contributed by atoms with Crippen molar-refractivity contribution < 1.29 is 14.6 Å². The zero-order valence-corrected chi connectivity index (χ0v) is 18.2. The number of nitrogens with two attached hydrogens (primary N) is 1. The van der Waals surface area contributed by atoms with Gasteiger partial charge in [-0.1, -0.05) is 18.2 Å². The van der Waals surface area contributed by atoms with E-state index in [1.807, 2.05) is 30.3 Å². The fourth-order valence-electron chi connectivity index (χ4n) is 3.98.